The van der Waals surface area contributed by atoms with Gasteiger partial charge >= 0.3 is 0 Å². The molecule has 0 bridgehead atoms. The lowest BCUT2D eigenvalue weighted by atomic mass is 10.3. The van der Waals surface area contributed by atoms with E-state index in [9.17, 15) is 4.21 Å². The van der Waals surface area contributed by atoms with Gasteiger partial charge in [-0.3, -0.25) is 0 Å². The smallest absolute Gasteiger partial charge is 0.0917 e. The quantitative estimate of drug-likeness (QED) is 0.910. The van der Waals surface area contributed by atoms with Crippen LogP contribution in [0.1, 0.15) is 6.42 Å². The molecule has 0 amide bonds. The van der Waals surface area contributed by atoms with Crippen molar-refractivity contribution in [2.75, 3.05) is 18.6 Å². The maximum absolute atomic E-state index is 12.5. The minimum Gasteiger partial charge on any atom is -0.316 e. The third kappa shape index (κ3) is 3.13. The van der Waals surface area contributed by atoms with Gasteiger partial charge in [0.05, 0.1) is 20.4 Å². The van der Waals surface area contributed by atoms with E-state index in [0.29, 0.717) is 27.2 Å². The summed E-state index contributed by atoms with van der Waals surface area (Å²) in [5.74, 6) is 1.21. The van der Waals surface area contributed by atoms with Crippen LogP contribution in [0, 0.1) is 0 Å². The van der Waals surface area contributed by atoms with Crippen LogP contribution in [0.4, 0.5) is 5.69 Å². The van der Waals surface area contributed by atoms with Gasteiger partial charge in [-0.2, -0.15) is 4.36 Å². The predicted octanol–water partition coefficient (Wildman–Crippen LogP) is 3.08. The first-order chi connectivity index (χ1) is 8.02. The van der Waals surface area contributed by atoms with Crippen LogP contribution in [0.15, 0.2) is 22.6 Å². The Morgan fingerprint density at radius 3 is 2.82 bits per heavy atom. The van der Waals surface area contributed by atoms with Crippen molar-refractivity contribution in [2.45, 2.75) is 12.5 Å². The standard InChI is InChI=1S/C11H14Cl2N2OS/c1-14-9-4-5-17(16,7-9)15-11-3-2-8(12)6-10(11)13/h2-3,6,9,14H,4-5,7H2,1H3. The monoisotopic (exact) mass is 292 g/mol. The summed E-state index contributed by atoms with van der Waals surface area (Å²) < 4.78 is 16.8. The molecule has 1 N–H and O–H groups in total. The Morgan fingerprint density at radius 2 is 2.24 bits per heavy atom. The number of benzene rings is 1. The molecular formula is C11H14Cl2N2OS. The van der Waals surface area contributed by atoms with Crippen LogP contribution in [-0.4, -0.2) is 28.8 Å². The Bertz CT molecular complexity index is 538. The van der Waals surface area contributed by atoms with Gasteiger partial charge in [-0.25, -0.2) is 4.21 Å². The first-order valence-electron chi connectivity index (χ1n) is 5.37. The summed E-state index contributed by atoms with van der Waals surface area (Å²) in [7, 11) is -0.288. The van der Waals surface area contributed by atoms with Crippen molar-refractivity contribution in [3.8, 4) is 0 Å². The maximum Gasteiger partial charge on any atom is 0.0917 e. The molecule has 6 heteroatoms. The second-order valence-electron chi connectivity index (χ2n) is 4.10. The molecule has 2 atom stereocenters. The highest BCUT2D eigenvalue weighted by Gasteiger charge is 2.25. The zero-order chi connectivity index (χ0) is 12.5. The second-order valence-corrected chi connectivity index (χ2v) is 7.42. The first kappa shape index (κ1) is 13.1. The number of nitrogens with one attached hydrogen (secondary N) is 1. The van der Waals surface area contributed by atoms with E-state index in [0.717, 1.165) is 6.42 Å². The second kappa shape index (κ2) is 5.14. The van der Waals surface area contributed by atoms with Crippen molar-refractivity contribution >= 4 is 38.6 Å². The van der Waals surface area contributed by atoms with Gasteiger partial charge in [0.25, 0.3) is 0 Å². The van der Waals surface area contributed by atoms with E-state index in [1.165, 1.54) is 0 Å². The van der Waals surface area contributed by atoms with Crippen molar-refractivity contribution in [3.05, 3.63) is 28.2 Å². The molecule has 1 heterocycles. The molecule has 3 nitrogen and oxygen atoms in total. The third-order valence-electron chi connectivity index (χ3n) is 2.83. The van der Waals surface area contributed by atoms with Crippen molar-refractivity contribution in [3.63, 3.8) is 0 Å². The van der Waals surface area contributed by atoms with Crippen LogP contribution in [0.2, 0.25) is 10.0 Å². The molecule has 0 radical (unpaired) electrons. The van der Waals surface area contributed by atoms with E-state index in [-0.39, 0.29) is 6.04 Å². The summed E-state index contributed by atoms with van der Waals surface area (Å²) in [5, 5.41) is 4.15. The van der Waals surface area contributed by atoms with Gasteiger partial charge in [0.15, 0.2) is 0 Å². The lowest BCUT2D eigenvalue weighted by molar-refractivity contribution is 0.622. The first-order valence-corrected chi connectivity index (χ1v) is 7.98. The van der Waals surface area contributed by atoms with Gasteiger partial charge in [0.2, 0.25) is 0 Å². The Kier molecular flexibility index (Phi) is 3.98. The topological polar surface area (TPSA) is 41.5 Å². The molecule has 1 aromatic carbocycles. The summed E-state index contributed by atoms with van der Waals surface area (Å²) in [6.07, 6.45) is 0.893. The largest absolute Gasteiger partial charge is 0.316 e. The minimum atomic E-state index is -2.17. The number of rotatable bonds is 2. The number of nitrogens with zero attached hydrogens (tertiary/aromatic N) is 1. The zero-order valence-corrected chi connectivity index (χ0v) is 11.8. The molecule has 1 aromatic rings. The lowest BCUT2D eigenvalue weighted by Crippen LogP contribution is -2.25. The Morgan fingerprint density at radius 1 is 1.47 bits per heavy atom. The average Bonchev–Trinajstić information content (AvgIpc) is 2.65. The van der Waals surface area contributed by atoms with E-state index < -0.39 is 9.73 Å². The Labute approximate surface area is 112 Å². The van der Waals surface area contributed by atoms with Crippen molar-refractivity contribution in [1.29, 1.82) is 0 Å². The molecule has 1 saturated heterocycles. The van der Waals surface area contributed by atoms with Gasteiger partial charge in [-0.1, -0.05) is 23.2 Å². The van der Waals surface area contributed by atoms with E-state index in [1.54, 1.807) is 18.2 Å². The maximum atomic E-state index is 12.5. The molecule has 17 heavy (non-hydrogen) atoms. The van der Waals surface area contributed by atoms with Crippen LogP contribution >= 0.6 is 23.2 Å². The van der Waals surface area contributed by atoms with E-state index in [1.807, 2.05) is 7.05 Å². The molecule has 0 spiro atoms. The van der Waals surface area contributed by atoms with Crippen molar-refractivity contribution < 1.29 is 4.21 Å². The summed E-state index contributed by atoms with van der Waals surface area (Å²) >= 11 is 11.8. The van der Waals surface area contributed by atoms with Crippen LogP contribution in [0.3, 0.4) is 0 Å². The zero-order valence-electron chi connectivity index (χ0n) is 9.45. The highest BCUT2D eigenvalue weighted by molar-refractivity contribution is 7.94. The Balaban J connectivity index is 2.33. The fraction of sp³-hybridized carbons (Fsp3) is 0.455. The minimum absolute atomic E-state index is 0.289. The van der Waals surface area contributed by atoms with Gasteiger partial charge < -0.3 is 5.32 Å². The summed E-state index contributed by atoms with van der Waals surface area (Å²) in [5.41, 5.74) is 0.567. The average molecular weight is 293 g/mol. The molecule has 1 aliphatic rings. The molecule has 0 saturated carbocycles. The van der Waals surface area contributed by atoms with Crippen molar-refractivity contribution in [1.82, 2.24) is 5.32 Å². The Hall–Kier alpha value is -0.290. The van der Waals surface area contributed by atoms with Crippen LogP contribution in [0.5, 0.6) is 0 Å². The molecule has 0 aliphatic carbocycles. The number of hydrogen-bond acceptors (Lipinski definition) is 3. The van der Waals surface area contributed by atoms with Crippen LogP contribution < -0.4 is 5.32 Å². The molecule has 2 rings (SSSR count). The van der Waals surface area contributed by atoms with E-state index >= 15 is 0 Å². The van der Waals surface area contributed by atoms with Crippen LogP contribution in [-0.2, 0) is 9.73 Å². The lowest BCUT2D eigenvalue weighted by Gasteiger charge is -2.05. The highest BCUT2D eigenvalue weighted by Crippen LogP contribution is 2.30. The molecule has 2 unspecified atom stereocenters. The van der Waals surface area contributed by atoms with Gasteiger partial charge in [0.1, 0.15) is 0 Å². The fourth-order valence-electron chi connectivity index (χ4n) is 1.85. The molecule has 94 valence electrons. The third-order valence-corrected chi connectivity index (χ3v) is 5.69. The number of hydrogen-bond donors (Lipinski definition) is 1. The van der Waals surface area contributed by atoms with Gasteiger partial charge in [-0.05, 0) is 31.7 Å². The van der Waals surface area contributed by atoms with Crippen LogP contribution in [0.25, 0.3) is 0 Å². The molecule has 1 aliphatic heterocycles. The summed E-state index contributed by atoms with van der Waals surface area (Å²) in [6.45, 7) is 0. The highest BCUT2D eigenvalue weighted by atomic mass is 35.5. The normalized spacial score (nSPS) is 28.3. The summed E-state index contributed by atoms with van der Waals surface area (Å²) in [6, 6.07) is 5.33. The van der Waals surface area contributed by atoms with Gasteiger partial charge in [-0.15, -0.1) is 0 Å². The SMILES string of the molecule is CNC1CCS(=O)(=Nc2ccc(Cl)cc2Cl)C1. The molecular weight excluding hydrogens is 279 g/mol. The molecule has 0 aromatic heterocycles. The van der Waals surface area contributed by atoms with Crippen molar-refractivity contribution in [2.24, 2.45) is 4.36 Å². The molecule has 1 fully saturated rings. The van der Waals surface area contributed by atoms with Gasteiger partial charge in [0, 0.05) is 22.6 Å². The predicted molar refractivity (Wildman–Crippen MR) is 73.9 cm³/mol. The van der Waals surface area contributed by atoms with E-state index in [4.69, 9.17) is 23.2 Å². The fourth-order valence-corrected chi connectivity index (χ4v) is 4.82. The summed E-state index contributed by atoms with van der Waals surface area (Å²) in [4.78, 5) is 0. The number of halogens is 2. The van der Waals surface area contributed by atoms with E-state index in [2.05, 4.69) is 9.68 Å².